The van der Waals surface area contributed by atoms with Crippen LogP contribution in [-0.2, 0) is 14.4 Å². The molecule has 2 aliphatic heterocycles. The maximum atomic E-state index is 13.5. The first kappa shape index (κ1) is 19.6. The van der Waals surface area contributed by atoms with Crippen LogP contribution >= 0.6 is 0 Å². The summed E-state index contributed by atoms with van der Waals surface area (Å²) in [6.07, 6.45) is 0. The number of carbonyl (C=O) groups excluding carboxylic acids is 4. The molecule has 4 amide bonds. The Hall–Kier alpha value is -3.68. The molecular weight excluding hydrogens is 386 g/mol. The minimum atomic E-state index is -1.23. The van der Waals surface area contributed by atoms with Crippen LogP contribution in [0.25, 0.3) is 0 Å². The molecule has 0 radical (unpaired) electrons. The van der Waals surface area contributed by atoms with Crippen molar-refractivity contribution in [2.24, 2.45) is 17.6 Å². The van der Waals surface area contributed by atoms with Gasteiger partial charge in [0.1, 0.15) is 11.8 Å². The van der Waals surface area contributed by atoms with Crippen molar-refractivity contribution in [1.29, 1.82) is 0 Å². The third-order valence-electron chi connectivity index (χ3n) is 5.90. The molecule has 0 saturated carbocycles. The highest BCUT2D eigenvalue weighted by Crippen LogP contribution is 2.50. The SMILES string of the molecule is COc1ccc(C2C3C(=O)N(C)C(=O)C3C(C(N)=O)N2C(=O)c2ccccc2)cc1. The van der Waals surface area contributed by atoms with Crippen LogP contribution in [0.2, 0.25) is 0 Å². The zero-order valence-corrected chi connectivity index (χ0v) is 16.5. The van der Waals surface area contributed by atoms with Crippen LogP contribution in [0.4, 0.5) is 0 Å². The van der Waals surface area contributed by atoms with Gasteiger partial charge in [-0.3, -0.25) is 24.1 Å². The molecule has 2 aromatic rings. The van der Waals surface area contributed by atoms with E-state index < -0.39 is 47.5 Å². The summed E-state index contributed by atoms with van der Waals surface area (Å²) in [7, 11) is 2.92. The minimum absolute atomic E-state index is 0.343. The third-order valence-corrected chi connectivity index (χ3v) is 5.90. The molecule has 0 aromatic heterocycles. The molecule has 0 bridgehead atoms. The molecule has 4 rings (SSSR count). The van der Waals surface area contributed by atoms with Gasteiger partial charge >= 0.3 is 0 Å². The van der Waals surface area contributed by atoms with Gasteiger partial charge in [-0.2, -0.15) is 0 Å². The van der Waals surface area contributed by atoms with Crippen molar-refractivity contribution in [1.82, 2.24) is 9.80 Å². The second-order valence-corrected chi connectivity index (χ2v) is 7.43. The van der Waals surface area contributed by atoms with Gasteiger partial charge in [-0.05, 0) is 29.8 Å². The number of primary amides is 1. The molecule has 2 fully saturated rings. The van der Waals surface area contributed by atoms with Crippen molar-refractivity contribution in [2.45, 2.75) is 12.1 Å². The Labute approximate surface area is 173 Å². The summed E-state index contributed by atoms with van der Waals surface area (Å²) in [5.41, 5.74) is 6.63. The molecule has 2 aromatic carbocycles. The average molecular weight is 407 g/mol. The Balaban J connectivity index is 1.89. The summed E-state index contributed by atoms with van der Waals surface area (Å²) in [5, 5.41) is 0. The number of ether oxygens (including phenoxy) is 1. The van der Waals surface area contributed by atoms with Crippen LogP contribution in [-0.4, -0.2) is 53.6 Å². The van der Waals surface area contributed by atoms with Crippen molar-refractivity contribution < 1.29 is 23.9 Å². The quantitative estimate of drug-likeness (QED) is 0.760. The number of benzene rings is 2. The molecule has 4 atom stereocenters. The molecule has 0 spiro atoms. The molecule has 2 saturated heterocycles. The lowest BCUT2D eigenvalue weighted by atomic mass is 9.86. The number of nitrogens with two attached hydrogens (primary N) is 1. The van der Waals surface area contributed by atoms with Gasteiger partial charge < -0.3 is 15.4 Å². The van der Waals surface area contributed by atoms with E-state index in [2.05, 4.69) is 0 Å². The molecule has 2 N–H and O–H groups in total. The zero-order chi connectivity index (χ0) is 21.6. The average Bonchev–Trinajstić information content (AvgIpc) is 3.23. The summed E-state index contributed by atoms with van der Waals surface area (Å²) in [6.45, 7) is 0. The maximum Gasteiger partial charge on any atom is 0.255 e. The zero-order valence-electron chi connectivity index (χ0n) is 16.5. The fourth-order valence-corrected chi connectivity index (χ4v) is 4.51. The van der Waals surface area contributed by atoms with Crippen molar-refractivity contribution in [3.05, 3.63) is 65.7 Å². The number of hydrogen-bond donors (Lipinski definition) is 1. The highest BCUT2D eigenvalue weighted by atomic mass is 16.5. The molecule has 2 heterocycles. The second kappa shape index (κ2) is 7.29. The fraction of sp³-hybridized carbons (Fsp3) is 0.273. The largest absolute Gasteiger partial charge is 0.497 e. The molecule has 154 valence electrons. The van der Waals surface area contributed by atoms with E-state index in [-0.39, 0.29) is 0 Å². The number of rotatable bonds is 4. The normalized spacial score (nSPS) is 25.4. The highest BCUT2D eigenvalue weighted by Gasteiger charge is 2.64. The number of likely N-dealkylation sites (tertiary alicyclic amines) is 2. The molecule has 4 unspecified atom stereocenters. The predicted octanol–water partition coefficient (Wildman–Crippen LogP) is 0.977. The Kier molecular flexibility index (Phi) is 4.77. The number of hydrogen-bond acceptors (Lipinski definition) is 5. The number of amides is 4. The van der Waals surface area contributed by atoms with Crippen molar-refractivity contribution >= 4 is 23.6 Å². The van der Waals surface area contributed by atoms with Gasteiger partial charge in [-0.25, -0.2) is 0 Å². The first-order valence-electron chi connectivity index (χ1n) is 9.49. The molecule has 8 nitrogen and oxygen atoms in total. The lowest BCUT2D eigenvalue weighted by Crippen LogP contribution is -2.50. The summed E-state index contributed by atoms with van der Waals surface area (Å²) in [4.78, 5) is 54.0. The van der Waals surface area contributed by atoms with E-state index in [4.69, 9.17) is 10.5 Å². The highest BCUT2D eigenvalue weighted by molar-refractivity contribution is 6.10. The van der Waals surface area contributed by atoms with Gasteiger partial charge in [-0.1, -0.05) is 30.3 Å². The van der Waals surface area contributed by atoms with Gasteiger partial charge in [0.2, 0.25) is 17.7 Å². The summed E-state index contributed by atoms with van der Waals surface area (Å²) < 4.78 is 5.19. The van der Waals surface area contributed by atoms with Crippen LogP contribution in [0.1, 0.15) is 22.0 Å². The van der Waals surface area contributed by atoms with Crippen LogP contribution in [0.5, 0.6) is 5.75 Å². The van der Waals surface area contributed by atoms with E-state index in [9.17, 15) is 19.2 Å². The van der Waals surface area contributed by atoms with Gasteiger partial charge in [0.15, 0.2) is 0 Å². The molecule has 8 heteroatoms. The predicted molar refractivity (Wildman–Crippen MR) is 106 cm³/mol. The monoisotopic (exact) mass is 407 g/mol. The van der Waals surface area contributed by atoms with Gasteiger partial charge in [0.05, 0.1) is 25.0 Å². The van der Waals surface area contributed by atoms with E-state index in [0.29, 0.717) is 16.9 Å². The first-order valence-corrected chi connectivity index (χ1v) is 9.49. The number of nitrogens with zero attached hydrogens (tertiary/aromatic N) is 2. The van der Waals surface area contributed by atoms with Crippen LogP contribution in [0.3, 0.4) is 0 Å². The third kappa shape index (κ3) is 2.83. The van der Waals surface area contributed by atoms with E-state index in [1.807, 2.05) is 0 Å². The number of carbonyl (C=O) groups is 4. The van der Waals surface area contributed by atoms with Gasteiger partial charge in [0.25, 0.3) is 5.91 Å². The summed E-state index contributed by atoms with van der Waals surface area (Å²) in [5.74, 6) is -3.51. The van der Waals surface area contributed by atoms with E-state index in [0.717, 1.165) is 4.90 Å². The molecule has 2 aliphatic rings. The standard InChI is InChI=1S/C22H21N3O5/c1-24-21(28)15-16(22(24)29)18(19(23)26)25(20(27)13-6-4-3-5-7-13)17(15)12-8-10-14(30-2)11-9-12/h3-11,15-18H,1-2H3,(H2,23,26). The summed E-state index contributed by atoms with van der Waals surface area (Å²) in [6, 6.07) is 13.2. The van der Waals surface area contributed by atoms with Crippen LogP contribution in [0.15, 0.2) is 54.6 Å². The number of fused-ring (bicyclic) bond motifs is 1. The second-order valence-electron chi connectivity index (χ2n) is 7.43. The maximum absolute atomic E-state index is 13.5. The fourth-order valence-electron chi connectivity index (χ4n) is 4.51. The van der Waals surface area contributed by atoms with Crippen LogP contribution in [0, 0.1) is 11.8 Å². The Morgan fingerprint density at radius 2 is 1.53 bits per heavy atom. The molecule has 0 aliphatic carbocycles. The lowest BCUT2D eigenvalue weighted by molar-refractivity contribution is -0.141. The smallest absolute Gasteiger partial charge is 0.255 e. The Morgan fingerprint density at radius 1 is 0.933 bits per heavy atom. The van der Waals surface area contributed by atoms with Crippen molar-refractivity contribution in [3.63, 3.8) is 0 Å². The van der Waals surface area contributed by atoms with E-state index in [1.54, 1.807) is 54.6 Å². The van der Waals surface area contributed by atoms with Gasteiger partial charge in [-0.15, -0.1) is 0 Å². The minimum Gasteiger partial charge on any atom is -0.497 e. The Morgan fingerprint density at radius 3 is 2.10 bits per heavy atom. The first-order chi connectivity index (χ1) is 14.4. The number of imide groups is 1. The van der Waals surface area contributed by atoms with E-state index >= 15 is 0 Å². The van der Waals surface area contributed by atoms with Crippen LogP contribution < -0.4 is 10.5 Å². The topological polar surface area (TPSA) is 110 Å². The Bertz CT molecular complexity index is 1020. The molecule has 30 heavy (non-hydrogen) atoms. The van der Waals surface area contributed by atoms with Crippen molar-refractivity contribution in [2.75, 3.05) is 14.2 Å². The number of methoxy groups -OCH3 is 1. The lowest BCUT2D eigenvalue weighted by Gasteiger charge is -2.32. The van der Waals surface area contributed by atoms with Crippen molar-refractivity contribution in [3.8, 4) is 5.75 Å². The van der Waals surface area contributed by atoms with E-state index in [1.165, 1.54) is 19.1 Å². The molecular formula is C22H21N3O5. The summed E-state index contributed by atoms with van der Waals surface area (Å²) >= 11 is 0. The van der Waals surface area contributed by atoms with Gasteiger partial charge in [0, 0.05) is 12.6 Å².